The molecule has 0 saturated heterocycles. The number of aromatic nitrogens is 1. The van der Waals surface area contributed by atoms with Gasteiger partial charge in [0.05, 0.1) is 11.4 Å². The minimum Gasteiger partial charge on any atom is -0.490 e. The minimum absolute atomic E-state index is 0.551. The van der Waals surface area contributed by atoms with Crippen LogP contribution in [0, 0.1) is 0 Å². The molecular formula is C20H20N2OS. The highest BCUT2D eigenvalue weighted by atomic mass is 32.1. The van der Waals surface area contributed by atoms with E-state index in [9.17, 15) is 0 Å². The van der Waals surface area contributed by atoms with Gasteiger partial charge in [-0.1, -0.05) is 38.1 Å². The summed E-state index contributed by atoms with van der Waals surface area (Å²) in [5, 5.41) is 6.54. The second-order valence-corrected chi connectivity index (χ2v) is 7.16. The van der Waals surface area contributed by atoms with E-state index >= 15 is 0 Å². The Morgan fingerprint density at radius 1 is 1.08 bits per heavy atom. The smallest absolute Gasteiger partial charge is 0.142 e. The zero-order valence-electron chi connectivity index (χ0n) is 13.9. The third kappa shape index (κ3) is 2.89. The standard InChI is InChI=1S/C20H20N2OS/c1-13(2)14-3-5-15(6-4-14)18-12-24-20(22-18)16-7-8-19-17(11-16)21-9-10-23-19/h3-8,11-13,21H,9-10H2,1-2H3. The molecule has 0 bridgehead atoms. The van der Waals surface area contributed by atoms with E-state index in [1.54, 1.807) is 11.3 Å². The third-order valence-corrected chi connectivity index (χ3v) is 5.17. The fourth-order valence-corrected chi connectivity index (χ4v) is 3.68. The SMILES string of the molecule is CC(C)c1ccc(-c2csc(-c3ccc4c(c3)NCCO4)n2)cc1. The summed E-state index contributed by atoms with van der Waals surface area (Å²) in [5.41, 5.74) is 5.74. The van der Waals surface area contributed by atoms with Crippen LogP contribution in [0.25, 0.3) is 21.8 Å². The Morgan fingerprint density at radius 3 is 2.67 bits per heavy atom. The summed E-state index contributed by atoms with van der Waals surface area (Å²) < 4.78 is 5.64. The van der Waals surface area contributed by atoms with Crippen LogP contribution in [0.4, 0.5) is 5.69 Å². The third-order valence-electron chi connectivity index (χ3n) is 4.28. The van der Waals surface area contributed by atoms with E-state index in [0.717, 1.165) is 40.9 Å². The van der Waals surface area contributed by atoms with Crippen LogP contribution in [-0.2, 0) is 0 Å². The Bertz CT molecular complexity index is 852. The zero-order valence-corrected chi connectivity index (χ0v) is 14.7. The van der Waals surface area contributed by atoms with E-state index in [0.29, 0.717) is 5.92 Å². The van der Waals surface area contributed by atoms with Crippen molar-refractivity contribution in [2.24, 2.45) is 0 Å². The molecule has 24 heavy (non-hydrogen) atoms. The van der Waals surface area contributed by atoms with Crippen LogP contribution < -0.4 is 10.1 Å². The maximum absolute atomic E-state index is 5.64. The van der Waals surface area contributed by atoms with E-state index in [1.807, 2.05) is 6.07 Å². The van der Waals surface area contributed by atoms with Crippen LogP contribution in [0.15, 0.2) is 47.8 Å². The number of nitrogens with zero attached hydrogens (tertiary/aromatic N) is 1. The average Bonchev–Trinajstić information content (AvgIpc) is 3.11. The molecule has 0 atom stereocenters. The van der Waals surface area contributed by atoms with Crippen LogP contribution in [0.1, 0.15) is 25.3 Å². The highest BCUT2D eigenvalue weighted by Gasteiger charge is 2.13. The largest absolute Gasteiger partial charge is 0.490 e. The van der Waals surface area contributed by atoms with Crippen LogP contribution in [0.3, 0.4) is 0 Å². The minimum atomic E-state index is 0.551. The second-order valence-electron chi connectivity index (χ2n) is 6.30. The summed E-state index contributed by atoms with van der Waals surface area (Å²) in [6.45, 7) is 6.00. The molecule has 1 aliphatic rings. The molecule has 1 N–H and O–H groups in total. The van der Waals surface area contributed by atoms with Gasteiger partial charge < -0.3 is 10.1 Å². The van der Waals surface area contributed by atoms with Gasteiger partial charge in [0, 0.05) is 23.1 Å². The fourth-order valence-electron chi connectivity index (χ4n) is 2.85. The Morgan fingerprint density at radius 2 is 1.88 bits per heavy atom. The molecule has 0 saturated carbocycles. The Hall–Kier alpha value is -2.33. The van der Waals surface area contributed by atoms with Crippen molar-refractivity contribution in [3.05, 3.63) is 53.4 Å². The van der Waals surface area contributed by atoms with E-state index in [4.69, 9.17) is 9.72 Å². The molecular weight excluding hydrogens is 316 g/mol. The van der Waals surface area contributed by atoms with Gasteiger partial charge in [-0.25, -0.2) is 4.98 Å². The van der Waals surface area contributed by atoms with Crippen molar-refractivity contribution >= 4 is 17.0 Å². The van der Waals surface area contributed by atoms with Crippen LogP contribution in [-0.4, -0.2) is 18.1 Å². The van der Waals surface area contributed by atoms with Crippen molar-refractivity contribution in [2.45, 2.75) is 19.8 Å². The van der Waals surface area contributed by atoms with Crippen molar-refractivity contribution in [3.63, 3.8) is 0 Å². The molecule has 2 heterocycles. The predicted octanol–water partition coefficient (Wildman–Crippen LogP) is 5.40. The van der Waals surface area contributed by atoms with Gasteiger partial charge in [-0.05, 0) is 29.7 Å². The van der Waals surface area contributed by atoms with Gasteiger partial charge in [0.1, 0.15) is 17.4 Å². The Labute approximate surface area is 146 Å². The van der Waals surface area contributed by atoms with Crippen LogP contribution >= 0.6 is 11.3 Å². The molecule has 1 aromatic heterocycles. The number of benzene rings is 2. The van der Waals surface area contributed by atoms with Crippen molar-refractivity contribution in [1.29, 1.82) is 0 Å². The van der Waals surface area contributed by atoms with E-state index in [2.05, 4.69) is 60.9 Å². The molecule has 4 rings (SSSR count). The Kier molecular flexibility index (Phi) is 3.98. The number of anilines is 1. The normalized spacial score (nSPS) is 13.3. The number of rotatable bonds is 3. The summed E-state index contributed by atoms with van der Waals surface area (Å²) in [7, 11) is 0. The predicted molar refractivity (Wildman–Crippen MR) is 101 cm³/mol. The number of hydrogen-bond donors (Lipinski definition) is 1. The first kappa shape index (κ1) is 15.2. The first-order valence-corrected chi connectivity index (χ1v) is 9.15. The van der Waals surface area contributed by atoms with Gasteiger partial charge in [0.2, 0.25) is 0 Å². The first-order valence-electron chi connectivity index (χ1n) is 8.27. The van der Waals surface area contributed by atoms with Gasteiger partial charge in [0.25, 0.3) is 0 Å². The molecule has 0 radical (unpaired) electrons. The molecule has 3 nitrogen and oxygen atoms in total. The second kappa shape index (κ2) is 6.29. The molecule has 3 aromatic rings. The quantitative estimate of drug-likeness (QED) is 0.695. The number of nitrogens with one attached hydrogen (secondary N) is 1. The topological polar surface area (TPSA) is 34.1 Å². The highest BCUT2D eigenvalue weighted by molar-refractivity contribution is 7.13. The number of ether oxygens (including phenoxy) is 1. The molecule has 0 unspecified atom stereocenters. The molecule has 122 valence electrons. The van der Waals surface area contributed by atoms with E-state index in [-0.39, 0.29) is 0 Å². The van der Waals surface area contributed by atoms with Gasteiger partial charge in [-0.15, -0.1) is 11.3 Å². The van der Waals surface area contributed by atoms with Gasteiger partial charge in [-0.2, -0.15) is 0 Å². The molecule has 1 aliphatic heterocycles. The number of thiazole rings is 1. The number of fused-ring (bicyclic) bond motifs is 1. The maximum Gasteiger partial charge on any atom is 0.142 e. The number of hydrogen-bond acceptors (Lipinski definition) is 4. The summed E-state index contributed by atoms with van der Waals surface area (Å²) in [6, 6.07) is 14.9. The van der Waals surface area contributed by atoms with Gasteiger partial charge in [-0.3, -0.25) is 0 Å². The van der Waals surface area contributed by atoms with Crippen molar-refractivity contribution in [3.8, 4) is 27.6 Å². The summed E-state index contributed by atoms with van der Waals surface area (Å²) in [4.78, 5) is 4.82. The van der Waals surface area contributed by atoms with Crippen molar-refractivity contribution < 1.29 is 4.74 Å². The molecule has 0 spiro atoms. The molecule has 0 aliphatic carbocycles. The molecule has 0 amide bonds. The molecule has 4 heteroatoms. The monoisotopic (exact) mass is 336 g/mol. The maximum atomic E-state index is 5.64. The summed E-state index contributed by atoms with van der Waals surface area (Å²) in [5.74, 6) is 1.47. The molecule has 0 fully saturated rings. The van der Waals surface area contributed by atoms with Crippen LogP contribution in [0.2, 0.25) is 0 Å². The highest BCUT2D eigenvalue weighted by Crippen LogP contribution is 2.35. The lowest BCUT2D eigenvalue weighted by Gasteiger charge is -2.19. The summed E-state index contributed by atoms with van der Waals surface area (Å²) >= 11 is 1.68. The summed E-state index contributed by atoms with van der Waals surface area (Å²) in [6.07, 6.45) is 0. The van der Waals surface area contributed by atoms with Crippen molar-refractivity contribution in [1.82, 2.24) is 4.98 Å². The molecule has 2 aromatic carbocycles. The van der Waals surface area contributed by atoms with E-state index < -0.39 is 0 Å². The first-order chi connectivity index (χ1) is 11.7. The van der Waals surface area contributed by atoms with Gasteiger partial charge >= 0.3 is 0 Å². The van der Waals surface area contributed by atoms with Gasteiger partial charge in [0.15, 0.2) is 0 Å². The fraction of sp³-hybridized carbons (Fsp3) is 0.250. The lowest BCUT2D eigenvalue weighted by atomic mass is 10.0. The van der Waals surface area contributed by atoms with E-state index in [1.165, 1.54) is 11.1 Å². The lowest BCUT2D eigenvalue weighted by Crippen LogP contribution is -2.17. The Balaban J connectivity index is 1.62. The van der Waals surface area contributed by atoms with Crippen molar-refractivity contribution in [2.75, 3.05) is 18.5 Å². The zero-order chi connectivity index (χ0) is 16.5. The average molecular weight is 336 g/mol. The lowest BCUT2D eigenvalue weighted by molar-refractivity contribution is 0.323. The van der Waals surface area contributed by atoms with Crippen LogP contribution in [0.5, 0.6) is 5.75 Å².